The molecule has 4 rings (SSSR count). The van der Waals surface area contributed by atoms with Crippen molar-refractivity contribution in [3.05, 3.63) is 46.1 Å². The Morgan fingerprint density at radius 3 is 2.73 bits per heavy atom. The molecule has 0 aliphatic carbocycles. The van der Waals surface area contributed by atoms with Crippen molar-refractivity contribution in [2.45, 2.75) is 32.9 Å². The van der Waals surface area contributed by atoms with Crippen LogP contribution in [0.4, 0.5) is 4.39 Å². The molecule has 1 aliphatic rings. The fourth-order valence-corrected chi connectivity index (χ4v) is 4.16. The maximum absolute atomic E-state index is 14.1. The molecule has 0 spiro atoms. The highest BCUT2D eigenvalue weighted by Crippen LogP contribution is 2.35. The summed E-state index contributed by atoms with van der Waals surface area (Å²) in [5.74, 6) is -0.362. The summed E-state index contributed by atoms with van der Waals surface area (Å²) in [7, 11) is 0. The van der Waals surface area contributed by atoms with E-state index in [1.54, 1.807) is 12.1 Å². The normalized spacial score (nSPS) is 17.2. The summed E-state index contributed by atoms with van der Waals surface area (Å²) in [4.78, 5) is 17.3. The van der Waals surface area contributed by atoms with E-state index in [1.165, 1.54) is 6.07 Å². The number of rotatable bonds is 4. The molecule has 0 radical (unpaired) electrons. The highest BCUT2D eigenvalue weighted by atomic mass is 19.1. The zero-order chi connectivity index (χ0) is 18.3. The Labute approximate surface area is 151 Å². The summed E-state index contributed by atoms with van der Waals surface area (Å²) in [6.07, 6.45) is 2.09. The van der Waals surface area contributed by atoms with Crippen molar-refractivity contribution < 1.29 is 9.13 Å². The second-order valence-electron chi connectivity index (χ2n) is 6.97. The number of pyridine rings is 1. The van der Waals surface area contributed by atoms with Gasteiger partial charge in [-0.15, -0.1) is 0 Å². The molecule has 1 N–H and O–H groups in total. The van der Waals surface area contributed by atoms with Crippen LogP contribution in [0.2, 0.25) is 0 Å². The first-order valence-corrected chi connectivity index (χ1v) is 9.25. The van der Waals surface area contributed by atoms with Crippen LogP contribution in [0.1, 0.15) is 31.6 Å². The number of nitrogens with zero attached hydrogens (tertiary/aromatic N) is 2. The van der Waals surface area contributed by atoms with Crippen molar-refractivity contribution in [1.29, 1.82) is 0 Å². The topological polar surface area (TPSA) is 50.3 Å². The lowest BCUT2D eigenvalue weighted by molar-refractivity contribution is -0.00197. The first-order chi connectivity index (χ1) is 12.6. The second kappa shape index (κ2) is 6.85. The molecule has 0 saturated carbocycles. The number of benzene rings is 1. The lowest BCUT2D eigenvalue weighted by Gasteiger charge is -2.36. The summed E-state index contributed by atoms with van der Waals surface area (Å²) in [6.45, 7) is 7.19. The average molecular weight is 357 g/mol. The van der Waals surface area contributed by atoms with Crippen molar-refractivity contribution >= 4 is 21.8 Å². The van der Waals surface area contributed by atoms with Gasteiger partial charge in [-0.05, 0) is 25.5 Å². The lowest BCUT2D eigenvalue weighted by atomic mass is 10.1. The van der Waals surface area contributed by atoms with Gasteiger partial charge in [0.25, 0.3) is 0 Å². The standard InChI is InChI=1S/C20H24FN3O2/c1-3-4-19(23-7-9-26-10-8-23)24-17-11-14(25)5-6-15(17)16-12-18(21)22-13(2)20(16)24/h5-6,11-12,19,22H,3-4,7-10H2,1-2H3. The Balaban J connectivity index is 2.04. The summed E-state index contributed by atoms with van der Waals surface area (Å²) in [5.41, 5.74) is 2.59. The van der Waals surface area contributed by atoms with E-state index >= 15 is 0 Å². The van der Waals surface area contributed by atoms with E-state index in [9.17, 15) is 9.18 Å². The first kappa shape index (κ1) is 17.2. The van der Waals surface area contributed by atoms with Gasteiger partial charge in [0.1, 0.15) is 0 Å². The smallest absolute Gasteiger partial charge is 0.191 e. The number of ether oxygens (including phenoxy) is 1. The number of halogens is 1. The number of aromatic nitrogens is 2. The van der Waals surface area contributed by atoms with Crippen LogP contribution >= 0.6 is 0 Å². The summed E-state index contributed by atoms with van der Waals surface area (Å²) in [6, 6.07) is 6.58. The number of fused-ring (bicyclic) bond motifs is 3. The molecule has 1 unspecified atom stereocenters. The third-order valence-corrected chi connectivity index (χ3v) is 5.26. The van der Waals surface area contributed by atoms with E-state index in [2.05, 4.69) is 21.4 Å². The van der Waals surface area contributed by atoms with Crippen LogP contribution < -0.4 is 5.43 Å². The Morgan fingerprint density at radius 2 is 2.00 bits per heavy atom. The molecule has 1 aliphatic heterocycles. The van der Waals surface area contributed by atoms with E-state index in [4.69, 9.17) is 4.74 Å². The zero-order valence-corrected chi connectivity index (χ0v) is 15.2. The Morgan fingerprint density at radius 1 is 1.23 bits per heavy atom. The van der Waals surface area contributed by atoms with E-state index in [0.29, 0.717) is 13.2 Å². The predicted octanol–water partition coefficient (Wildman–Crippen LogP) is 3.56. The Bertz CT molecular complexity index is 1000. The minimum Gasteiger partial charge on any atom is -0.379 e. The molecule has 6 heteroatoms. The van der Waals surface area contributed by atoms with Crippen molar-refractivity contribution in [3.8, 4) is 0 Å². The summed E-state index contributed by atoms with van der Waals surface area (Å²) in [5, 5.41) is 1.77. The molecule has 0 bridgehead atoms. The van der Waals surface area contributed by atoms with Crippen molar-refractivity contribution in [1.82, 2.24) is 14.5 Å². The van der Waals surface area contributed by atoms with E-state index in [-0.39, 0.29) is 17.5 Å². The van der Waals surface area contributed by atoms with Gasteiger partial charge in [0.2, 0.25) is 0 Å². The van der Waals surface area contributed by atoms with Crippen LogP contribution in [0.5, 0.6) is 0 Å². The van der Waals surface area contributed by atoms with Gasteiger partial charge in [-0.1, -0.05) is 13.3 Å². The fourth-order valence-electron chi connectivity index (χ4n) is 4.16. The van der Waals surface area contributed by atoms with Crippen molar-refractivity contribution in [2.75, 3.05) is 26.3 Å². The van der Waals surface area contributed by atoms with Crippen LogP contribution in [-0.4, -0.2) is 40.8 Å². The molecule has 5 nitrogen and oxygen atoms in total. The van der Waals surface area contributed by atoms with Crippen molar-refractivity contribution in [3.63, 3.8) is 0 Å². The zero-order valence-electron chi connectivity index (χ0n) is 15.2. The van der Waals surface area contributed by atoms with Crippen LogP contribution in [0.3, 0.4) is 0 Å². The Kier molecular flexibility index (Phi) is 4.54. The van der Waals surface area contributed by atoms with Crippen molar-refractivity contribution in [2.24, 2.45) is 0 Å². The SMILES string of the molecule is CCCC(N1CCOCC1)n1c2cc(=O)ccc2c2cc(F)[nH]c(C)c21. The number of nitrogens with one attached hydrogen (secondary N) is 1. The first-order valence-electron chi connectivity index (χ1n) is 9.25. The maximum atomic E-state index is 14.1. The average Bonchev–Trinajstić information content (AvgIpc) is 2.94. The quantitative estimate of drug-likeness (QED) is 0.727. The van der Waals surface area contributed by atoms with E-state index < -0.39 is 0 Å². The van der Waals surface area contributed by atoms with E-state index in [1.807, 2.05) is 13.0 Å². The molecule has 1 saturated heterocycles. The molecule has 138 valence electrons. The molecule has 26 heavy (non-hydrogen) atoms. The molecule has 3 aromatic rings. The van der Waals surface area contributed by atoms with Crippen LogP contribution in [0.15, 0.2) is 29.1 Å². The molecule has 1 atom stereocenters. The van der Waals surface area contributed by atoms with Gasteiger partial charge in [-0.2, -0.15) is 4.39 Å². The number of H-pyrrole nitrogens is 1. The second-order valence-corrected chi connectivity index (χ2v) is 6.97. The van der Waals surface area contributed by atoms with Gasteiger partial charge in [-0.3, -0.25) is 9.69 Å². The molecule has 2 aromatic heterocycles. The van der Waals surface area contributed by atoms with Crippen LogP contribution in [0.25, 0.3) is 21.8 Å². The van der Waals surface area contributed by atoms with Gasteiger partial charge in [0.15, 0.2) is 11.4 Å². The molecular formula is C20H24FN3O2. The molecule has 1 fully saturated rings. The highest BCUT2D eigenvalue weighted by molar-refractivity contribution is 6.08. The van der Waals surface area contributed by atoms with Gasteiger partial charge in [-0.25, -0.2) is 0 Å². The van der Waals surface area contributed by atoms with Gasteiger partial charge in [0, 0.05) is 41.7 Å². The molecular weight excluding hydrogens is 333 g/mol. The van der Waals surface area contributed by atoms with Crippen LogP contribution in [-0.2, 0) is 4.74 Å². The minimum atomic E-state index is -0.362. The lowest BCUT2D eigenvalue weighted by Crippen LogP contribution is -2.41. The van der Waals surface area contributed by atoms with Gasteiger partial charge in [0.05, 0.1) is 30.4 Å². The molecule has 0 amide bonds. The predicted molar refractivity (Wildman–Crippen MR) is 101 cm³/mol. The summed E-state index contributed by atoms with van der Waals surface area (Å²) >= 11 is 0. The van der Waals surface area contributed by atoms with Gasteiger partial charge < -0.3 is 14.3 Å². The monoisotopic (exact) mass is 357 g/mol. The largest absolute Gasteiger partial charge is 0.379 e. The number of aryl methyl sites for hydroxylation is 1. The summed E-state index contributed by atoms with van der Waals surface area (Å²) < 4.78 is 21.8. The number of hydrogen-bond donors (Lipinski definition) is 1. The number of hydrogen-bond acceptors (Lipinski definition) is 3. The molecule has 3 heterocycles. The minimum absolute atomic E-state index is 0.0270. The van der Waals surface area contributed by atoms with Crippen LogP contribution in [0, 0.1) is 12.9 Å². The maximum Gasteiger partial charge on any atom is 0.191 e. The number of morpholine rings is 1. The third-order valence-electron chi connectivity index (χ3n) is 5.26. The fraction of sp³-hybridized carbons (Fsp3) is 0.450. The van der Waals surface area contributed by atoms with E-state index in [0.717, 1.165) is 53.4 Å². The highest BCUT2D eigenvalue weighted by Gasteiger charge is 2.26. The molecule has 1 aromatic carbocycles. The Hall–Kier alpha value is -2.18. The number of aromatic amines is 1. The third kappa shape index (κ3) is 2.83. The van der Waals surface area contributed by atoms with Gasteiger partial charge >= 0.3 is 0 Å².